The molecule has 3 aromatic rings. The lowest BCUT2D eigenvalue weighted by Gasteiger charge is -2.32. The Balaban J connectivity index is 1.54. The topological polar surface area (TPSA) is 79.1 Å². The van der Waals surface area contributed by atoms with Gasteiger partial charge >= 0.3 is 0 Å². The van der Waals surface area contributed by atoms with Crippen LogP contribution in [0, 0.1) is 12.8 Å². The number of nitrogens with two attached hydrogens (primary N) is 1. The predicted octanol–water partition coefficient (Wildman–Crippen LogP) is 5.66. The summed E-state index contributed by atoms with van der Waals surface area (Å²) in [7, 11) is 0. The van der Waals surface area contributed by atoms with E-state index in [-0.39, 0.29) is 11.0 Å². The molecule has 1 aliphatic rings. The number of rotatable bonds is 5. The molecule has 1 saturated heterocycles. The van der Waals surface area contributed by atoms with E-state index in [0.717, 1.165) is 53.3 Å². The quantitative estimate of drug-likeness (QED) is 0.350. The second kappa shape index (κ2) is 9.46. The third kappa shape index (κ3) is 4.97. The fraction of sp³-hybridized carbons (Fsp3) is 0.348. The maximum atomic E-state index is 11.0. The van der Waals surface area contributed by atoms with Crippen molar-refractivity contribution < 1.29 is 5.11 Å². The van der Waals surface area contributed by atoms with Crippen LogP contribution in [0.25, 0.3) is 10.9 Å². The molecule has 3 N–H and O–H groups in total. The molecule has 162 valence electrons. The number of piperidine rings is 1. The van der Waals surface area contributed by atoms with E-state index in [1.807, 2.05) is 17.6 Å². The molecular weight excluding hydrogens is 474 g/mol. The maximum Gasteiger partial charge on any atom is 0.221 e. The van der Waals surface area contributed by atoms with E-state index in [0.29, 0.717) is 18.3 Å². The van der Waals surface area contributed by atoms with Gasteiger partial charge in [-0.1, -0.05) is 46.3 Å². The standard InChI is InChI=1S/C23H26BrN5OS/c1-15-11-20-18(13-19(15)24)21(26-27-23(25)31)22(30)29(20)14-28-9-7-17(8-10-28)12-16-5-3-2-4-6-16/h2-6,11,13,17,30H,7-10,12,14H2,1H3,(H2,25,31). The van der Waals surface area contributed by atoms with Gasteiger partial charge in [0.15, 0.2) is 5.69 Å². The van der Waals surface area contributed by atoms with Crippen molar-refractivity contribution in [2.24, 2.45) is 21.9 Å². The first-order valence-corrected chi connectivity index (χ1v) is 11.6. The Morgan fingerprint density at radius 1 is 1.23 bits per heavy atom. The molecule has 0 saturated carbocycles. The van der Waals surface area contributed by atoms with Crippen molar-refractivity contribution in [3.05, 3.63) is 58.1 Å². The Hall–Kier alpha value is -2.29. The second-order valence-electron chi connectivity index (χ2n) is 8.15. The first-order valence-electron chi connectivity index (χ1n) is 10.4. The molecule has 1 aliphatic heterocycles. The van der Waals surface area contributed by atoms with E-state index >= 15 is 0 Å². The van der Waals surface area contributed by atoms with Crippen LogP contribution in [0.1, 0.15) is 24.0 Å². The van der Waals surface area contributed by atoms with E-state index in [2.05, 4.69) is 67.5 Å². The van der Waals surface area contributed by atoms with Gasteiger partial charge in [-0.25, -0.2) is 0 Å². The minimum atomic E-state index is -0.0630. The van der Waals surface area contributed by atoms with Gasteiger partial charge in [0.05, 0.1) is 12.2 Å². The van der Waals surface area contributed by atoms with Crippen LogP contribution in [-0.4, -0.2) is 32.8 Å². The molecule has 0 amide bonds. The zero-order valence-electron chi connectivity index (χ0n) is 17.5. The summed E-state index contributed by atoms with van der Waals surface area (Å²) < 4.78 is 2.85. The highest BCUT2D eigenvalue weighted by Crippen LogP contribution is 2.41. The third-order valence-electron chi connectivity index (χ3n) is 5.95. The summed E-state index contributed by atoms with van der Waals surface area (Å²) >= 11 is 8.39. The van der Waals surface area contributed by atoms with E-state index in [1.54, 1.807) is 0 Å². The highest BCUT2D eigenvalue weighted by molar-refractivity contribution is 9.10. The normalized spacial score (nSPS) is 15.8. The molecule has 0 aliphatic carbocycles. The average molecular weight is 500 g/mol. The van der Waals surface area contributed by atoms with Crippen molar-refractivity contribution in [2.75, 3.05) is 13.1 Å². The van der Waals surface area contributed by atoms with Crippen molar-refractivity contribution in [2.45, 2.75) is 32.9 Å². The first-order chi connectivity index (χ1) is 14.9. The molecule has 8 heteroatoms. The maximum absolute atomic E-state index is 11.0. The van der Waals surface area contributed by atoms with Crippen LogP contribution in [0.15, 0.2) is 57.2 Å². The zero-order valence-corrected chi connectivity index (χ0v) is 19.9. The lowest BCUT2D eigenvalue weighted by Crippen LogP contribution is -2.35. The fourth-order valence-corrected chi connectivity index (χ4v) is 4.65. The Morgan fingerprint density at radius 3 is 2.61 bits per heavy atom. The third-order valence-corrected chi connectivity index (χ3v) is 6.89. The smallest absolute Gasteiger partial charge is 0.221 e. The Labute approximate surface area is 195 Å². The number of thiocarbonyl (C=S) groups is 1. The van der Waals surface area contributed by atoms with Gasteiger partial charge in [0.1, 0.15) is 0 Å². The Kier molecular flexibility index (Phi) is 6.69. The molecule has 6 nitrogen and oxygen atoms in total. The minimum Gasteiger partial charge on any atom is -0.493 e. The van der Waals surface area contributed by atoms with E-state index in [1.165, 1.54) is 5.56 Å². The zero-order chi connectivity index (χ0) is 22.0. The fourth-order valence-electron chi connectivity index (χ4n) is 4.26. The number of hydrogen-bond donors (Lipinski definition) is 2. The lowest BCUT2D eigenvalue weighted by atomic mass is 9.90. The minimum absolute atomic E-state index is 0.0630. The summed E-state index contributed by atoms with van der Waals surface area (Å²) in [4.78, 5) is 2.38. The van der Waals surface area contributed by atoms with Crippen molar-refractivity contribution in [1.29, 1.82) is 0 Å². The number of fused-ring (bicyclic) bond motifs is 1. The van der Waals surface area contributed by atoms with Crippen LogP contribution in [0.2, 0.25) is 0 Å². The Bertz CT molecular complexity index is 1120. The Morgan fingerprint density at radius 2 is 1.94 bits per heavy atom. The molecule has 4 rings (SSSR count). The van der Waals surface area contributed by atoms with Gasteiger partial charge in [-0.15, -0.1) is 10.2 Å². The van der Waals surface area contributed by atoms with Crippen molar-refractivity contribution in [3.8, 4) is 5.88 Å². The molecule has 2 aromatic carbocycles. The van der Waals surface area contributed by atoms with Crippen LogP contribution in [0.4, 0.5) is 5.69 Å². The van der Waals surface area contributed by atoms with Crippen molar-refractivity contribution in [3.63, 3.8) is 0 Å². The monoisotopic (exact) mass is 499 g/mol. The van der Waals surface area contributed by atoms with E-state index in [9.17, 15) is 5.11 Å². The molecule has 1 fully saturated rings. The van der Waals surface area contributed by atoms with Crippen LogP contribution in [0.5, 0.6) is 5.88 Å². The summed E-state index contributed by atoms with van der Waals surface area (Å²) in [5.41, 5.74) is 9.28. The molecular formula is C23H26BrN5OS. The van der Waals surface area contributed by atoms with Crippen LogP contribution < -0.4 is 5.73 Å². The lowest BCUT2D eigenvalue weighted by molar-refractivity contribution is 0.145. The molecule has 0 unspecified atom stereocenters. The molecule has 0 atom stereocenters. The molecule has 1 aromatic heterocycles. The highest BCUT2D eigenvalue weighted by Gasteiger charge is 2.23. The molecule has 0 spiro atoms. The number of benzene rings is 2. The van der Waals surface area contributed by atoms with E-state index < -0.39 is 0 Å². The molecule has 0 bridgehead atoms. The largest absolute Gasteiger partial charge is 0.493 e. The van der Waals surface area contributed by atoms with Crippen LogP contribution in [0.3, 0.4) is 0 Å². The highest BCUT2D eigenvalue weighted by atomic mass is 79.9. The van der Waals surface area contributed by atoms with Gasteiger partial charge in [-0.2, -0.15) is 0 Å². The van der Waals surface area contributed by atoms with Gasteiger partial charge in [0.2, 0.25) is 11.0 Å². The van der Waals surface area contributed by atoms with Crippen molar-refractivity contribution >= 4 is 49.9 Å². The number of aryl methyl sites for hydroxylation is 1. The summed E-state index contributed by atoms with van der Waals surface area (Å²) in [6.07, 6.45) is 3.42. The van der Waals surface area contributed by atoms with Gasteiger partial charge < -0.3 is 10.8 Å². The number of aromatic hydroxyl groups is 1. The number of nitrogens with zero attached hydrogens (tertiary/aromatic N) is 4. The first kappa shape index (κ1) is 21.9. The van der Waals surface area contributed by atoms with Gasteiger partial charge in [-0.05, 0) is 67.6 Å². The number of halogens is 1. The number of likely N-dealkylation sites (tertiary alicyclic amines) is 1. The SMILES string of the molecule is Cc1cc2c(cc1Br)c(N=NC(N)=S)c(O)n2CN1CCC(Cc2ccccc2)CC1. The van der Waals surface area contributed by atoms with Gasteiger partial charge in [-0.3, -0.25) is 9.47 Å². The summed E-state index contributed by atoms with van der Waals surface area (Å²) in [6, 6.07) is 14.7. The van der Waals surface area contributed by atoms with Crippen LogP contribution in [-0.2, 0) is 13.1 Å². The molecule has 2 heterocycles. The van der Waals surface area contributed by atoms with E-state index in [4.69, 9.17) is 18.0 Å². The number of azo groups is 1. The van der Waals surface area contributed by atoms with Gasteiger partial charge in [0.25, 0.3) is 0 Å². The number of hydrogen-bond acceptors (Lipinski definition) is 4. The number of aromatic nitrogens is 1. The average Bonchev–Trinajstić information content (AvgIpc) is 2.99. The molecule has 31 heavy (non-hydrogen) atoms. The summed E-state index contributed by atoms with van der Waals surface area (Å²) in [6.45, 7) is 4.62. The second-order valence-corrected chi connectivity index (χ2v) is 9.42. The van der Waals surface area contributed by atoms with Crippen molar-refractivity contribution in [1.82, 2.24) is 9.47 Å². The van der Waals surface area contributed by atoms with Gasteiger partial charge in [0, 0.05) is 22.9 Å². The van der Waals surface area contributed by atoms with Crippen LogP contribution >= 0.6 is 28.1 Å². The predicted molar refractivity (Wildman–Crippen MR) is 132 cm³/mol. The summed E-state index contributed by atoms with van der Waals surface area (Å²) in [5.74, 6) is 0.778. The molecule has 0 radical (unpaired) electrons. The summed E-state index contributed by atoms with van der Waals surface area (Å²) in [5, 5.41) is 19.6.